The summed E-state index contributed by atoms with van der Waals surface area (Å²) in [6, 6.07) is 2.10. The van der Waals surface area contributed by atoms with Crippen LogP contribution in [0.2, 0.25) is 0 Å². The summed E-state index contributed by atoms with van der Waals surface area (Å²) < 4.78 is 13.5. The topological polar surface area (TPSA) is 39.1 Å². The van der Waals surface area contributed by atoms with Crippen molar-refractivity contribution in [2.75, 3.05) is 12.0 Å². The first-order valence-electron chi connectivity index (χ1n) is 6.33. The maximum Gasteiger partial charge on any atom is 0.165 e. The van der Waals surface area contributed by atoms with Crippen molar-refractivity contribution in [3.8, 4) is 0 Å². The second-order valence-corrected chi connectivity index (χ2v) is 7.59. The fourth-order valence-corrected chi connectivity index (χ4v) is 3.64. The van der Waals surface area contributed by atoms with Crippen LogP contribution in [0.4, 0.5) is 0 Å². The molecule has 1 heterocycles. The average Bonchev–Trinajstić information content (AvgIpc) is 2.58. The van der Waals surface area contributed by atoms with E-state index in [4.69, 9.17) is 0 Å². The molecule has 1 aromatic heterocycles. The lowest BCUT2D eigenvalue weighted by atomic mass is 9.76. The molecule has 4 heteroatoms. The fourth-order valence-electron chi connectivity index (χ4n) is 2.80. The first kappa shape index (κ1) is 13.5. The Morgan fingerprint density at radius 1 is 1.44 bits per heavy atom. The van der Waals surface area contributed by atoms with Gasteiger partial charge in [-0.15, -0.1) is 0 Å². The van der Waals surface area contributed by atoms with Gasteiger partial charge in [-0.1, -0.05) is 13.8 Å². The van der Waals surface area contributed by atoms with Crippen LogP contribution in [-0.2, 0) is 17.2 Å². The van der Waals surface area contributed by atoms with E-state index in [-0.39, 0.29) is 17.2 Å². The molecule has 0 amide bonds. The second kappa shape index (κ2) is 4.65. The zero-order valence-corrected chi connectivity index (χ0v) is 12.3. The Balaban J connectivity index is 2.36. The average molecular weight is 267 g/mol. The molecule has 0 fully saturated rings. The Bertz CT molecular complexity index is 502. The first-order valence-corrected chi connectivity index (χ1v) is 8.06. The van der Waals surface area contributed by atoms with E-state index >= 15 is 0 Å². The number of carbonyl (C=O) groups excluding carboxylic acids is 1. The SMILES string of the molecule is CC(CS(C)=O)n1ccc2c1CC(C)(C)CC2=O. The number of aromatic nitrogens is 1. The molecule has 0 saturated carbocycles. The number of hydrogen-bond acceptors (Lipinski definition) is 2. The van der Waals surface area contributed by atoms with Crippen LogP contribution in [0.1, 0.15) is 49.3 Å². The summed E-state index contributed by atoms with van der Waals surface area (Å²) >= 11 is 0. The molecule has 100 valence electrons. The largest absolute Gasteiger partial charge is 0.347 e. The van der Waals surface area contributed by atoms with Crippen LogP contribution in [0, 0.1) is 5.41 Å². The molecule has 2 rings (SSSR count). The molecule has 0 aliphatic heterocycles. The predicted molar refractivity (Wildman–Crippen MR) is 74.5 cm³/mol. The Hall–Kier alpha value is -0.900. The summed E-state index contributed by atoms with van der Waals surface area (Å²) in [7, 11) is -0.815. The van der Waals surface area contributed by atoms with E-state index in [2.05, 4.69) is 25.3 Å². The number of fused-ring (bicyclic) bond motifs is 1. The minimum Gasteiger partial charge on any atom is -0.347 e. The molecule has 1 aliphatic rings. The van der Waals surface area contributed by atoms with Gasteiger partial charge < -0.3 is 4.57 Å². The number of nitrogens with zero attached hydrogens (tertiary/aromatic N) is 1. The predicted octanol–water partition coefficient (Wildman–Crippen LogP) is 2.58. The van der Waals surface area contributed by atoms with E-state index in [0.717, 1.165) is 17.7 Å². The highest BCUT2D eigenvalue weighted by Crippen LogP contribution is 2.36. The van der Waals surface area contributed by atoms with Gasteiger partial charge in [0, 0.05) is 52.7 Å². The van der Waals surface area contributed by atoms with Crippen LogP contribution >= 0.6 is 0 Å². The van der Waals surface area contributed by atoms with E-state index in [9.17, 15) is 9.00 Å². The van der Waals surface area contributed by atoms with E-state index in [1.165, 1.54) is 0 Å². The van der Waals surface area contributed by atoms with Gasteiger partial charge in [0.15, 0.2) is 5.78 Å². The summed E-state index contributed by atoms with van der Waals surface area (Å²) in [4.78, 5) is 12.1. The Morgan fingerprint density at radius 2 is 2.11 bits per heavy atom. The van der Waals surface area contributed by atoms with Gasteiger partial charge in [-0.25, -0.2) is 0 Å². The number of hydrogen-bond donors (Lipinski definition) is 0. The zero-order valence-electron chi connectivity index (χ0n) is 11.5. The third-order valence-corrected chi connectivity index (χ3v) is 4.51. The summed E-state index contributed by atoms with van der Waals surface area (Å²) in [5.74, 6) is 0.875. The van der Waals surface area contributed by atoms with Crippen molar-refractivity contribution in [3.63, 3.8) is 0 Å². The number of ketones is 1. The van der Waals surface area contributed by atoms with Crippen LogP contribution in [-0.4, -0.2) is 26.6 Å². The van der Waals surface area contributed by atoms with Gasteiger partial charge >= 0.3 is 0 Å². The summed E-state index contributed by atoms with van der Waals surface area (Å²) in [6.07, 6.45) is 5.24. The molecule has 1 aliphatic carbocycles. The molecule has 0 spiro atoms. The number of rotatable bonds is 3. The summed E-state index contributed by atoms with van der Waals surface area (Å²) in [6.45, 7) is 6.33. The Morgan fingerprint density at radius 3 is 2.72 bits per heavy atom. The van der Waals surface area contributed by atoms with Crippen molar-refractivity contribution in [2.45, 2.75) is 39.7 Å². The smallest absolute Gasteiger partial charge is 0.165 e. The van der Waals surface area contributed by atoms with Crippen molar-refractivity contribution < 1.29 is 9.00 Å². The van der Waals surface area contributed by atoms with Crippen LogP contribution < -0.4 is 0 Å². The first-order chi connectivity index (χ1) is 8.30. The maximum atomic E-state index is 12.1. The second-order valence-electron chi connectivity index (χ2n) is 6.11. The van der Waals surface area contributed by atoms with E-state index < -0.39 is 10.8 Å². The van der Waals surface area contributed by atoms with Gasteiger partial charge in [0.1, 0.15) is 0 Å². The maximum absolute atomic E-state index is 12.1. The molecule has 1 aromatic rings. The zero-order chi connectivity index (χ0) is 13.5. The lowest BCUT2D eigenvalue weighted by Crippen LogP contribution is -2.29. The molecule has 0 aromatic carbocycles. The van der Waals surface area contributed by atoms with Crippen molar-refractivity contribution in [3.05, 3.63) is 23.5 Å². The minimum absolute atomic E-state index is 0.0330. The third kappa shape index (κ3) is 2.58. The molecule has 0 saturated heterocycles. The normalized spacial score (nSPS) is 21.4. The van der Waals surface area contributed by atoms with Crippen LogP contribution in [0.3, 0.4) is 0 Å². The molecule has 0 bridgehead atoms. The molecule has 2 atom stereocenters. The lowest BCUT2D eigenvalue weighted by Gasteiger charge is -2.30. The van der Waals surface area contributed by atoms with E-state index in [1.54, 1.807) is 6.26 Å². The standard InChI is InChI=1S/C14H21NO2S/c1-10(9-18(4)17)15-6-5-11-12(15)7-14(2,3)8-13(11)16/h5-6,10H,7-9H2,1-4H3. The molecule has 3 nitrogen and oxygen atoms in total. The highest BCUT2D eigenvalue weighted by Gasteiger charge is 2.33. The van der Waals surface area contributed by atoms with Gasteiger partial charge in [0.25, 0.3) is 0 Å². The van der Waals surface area contributed by atoms with Gasteiger partial charge in [-0.2, -0.15) is 0 Å². The lowest BCUT2D eigenvalue weighted by molar-refractivity contribution is 0.0909. The highest BCUT2D eigenvalue weighted by atomic mass is 32.2. The Labute approximate surface area is 111 Å². The fraction of sp³-hybridized carbons (Fsp3) is 0.643. The molecular weight excluding hydrogens is 246 g/mol. The van der Waals surface area contributed by atoms with Crippen LogP contribution in [0.5, 0.6) is 0 Å². The van der Waals surface area contributed by atoms with Crippen molar-refractivity contribution in [2.24, 2.45) is 5.41 Å². The van der Waals surface area contributed by atoms with Crippen molar-refractivity contribution in [1.82, 2.24) is 4.57 Å². The Kier molecular flexibility index (Phi) is 3.49. The van der Waals surface area contributed by atoms with Gasteiger partial charge in [-0.05, 0) is 24.8 Å². The third-order valence-electron chi connectivity index (χ3n) is 3.56. The monoisotopic (exact) mass is 267 g/mol. The molecule has 2 unspecified atom stereocenters. The van der Waals surface area contributed by atoms with Crippen LogP contribution in [0.15, 0.2) is 12.3 Å². The number of Topliss-reactive ketones (excluding diaryl/α,β-unsaturated/α-hetero) is 1. The van der Waals surface area contributed by atoms with E-state index in [1.807, 2.05) is 12.3 Å². The van der Waals surface area contributed by atoms with E-state index in [0.29, 0.717) is 12.2 Å². The number of carbonyl (C=O) groups is 1. The molecule has 0 radical (unpaired) electrons. The molecule has 18 heavy (non-hydrogen) atoms. The quantitative estimate of drug-likeness (QED) is 0.844. The van der Waals surface area contributed by atoms with Gasteiger partial charge in [0.2, 0.25) is 0 Å². The minimum atomic E-state index is -0.815. The highest BCUT2D eigenvalue weighted by molar-refractivity contribution is 7.84. The van der Waals surface area contributed by atoms with Gasteiger partial charge in [0.05, 0.1) is 0 Å². The van der Waals surface area contributed by atoms with Crippen LogP contribution in [0.25, 0.3) is 0 Å². The van der Waals surface area contributed by atoms with Crippen molar-refractivity contribution >= 4 is 16.6 Å². The molecule has 0 N–H and O–H groups in total. The summed E-state index contributed by atoms with van der Waals surface area (Å²) in [5.41, 5.74) is 2.02. The van der Waals surface area contributed by atoms with Gasteiger partial charge in [-0.3, -0.25) is 9.00 Å². The summed E-state index contributed by atoms with van der Waals surface area (Å²) in [5, 5.41) is 0. The van der Waals surface area contributed by atoms with Crippen molar-refractivity contribution in [1.29, 1.82) is 0 Å². The molecular formula is C14H21NO2S.